The molecule has 2 unspecified atom stereocenters. The molecule has 3 aromatic rings. The summed E-state index contributed by atoms with van der Waals surface area (Å²) in [6, 6.07) is 12.6. The maximum absolute atomic E-state index is 13.5. The second kappa shape index (κ2) is 8.96. The number of nitrogens with zero attached hydrogens (tertiary/aromatic N) is 3. The lowest BCUT2D eigenvalue weighted by atomic mass is 9.76. The summed E-state index contributed by atoms with van der Waals surface area (Å²) in [5, 5.41) is 13.5. The zero-order chi connectivity index (χ0) is 26.6. The number of benzene rings is 2. The molecule has 10 nitrogen and oxygen atoms in total. The molecular weight excluding hydrogens is 516 g/mol. The second-order valence-electron chi connectivity index (χ2n) is 9.47. The molecule has 1 N–H and O–H groups in total. The fraction of sp³-hybridized carbons (Fsp3) is 0.280. The molecule has 5 rings (SSSR count). The molecule has 3 heterocycles. The van der Waals surface area contributed by atoms with Crippen LogP contribution in [-0.2, 0) is 26.3 Å². The van der Waals surface area contributed by atoms with E-state index in [1.54, 1.807) is 12.1 Å². The number of rotatable bonds is 5. The van der Waals surface area contributed by atoms with E-state index in [4.69, 9.17) is 0 Å². The van der Waals surface area contributed by atoms with Crippen molar-refractivity contribution in [2.45, 2.75) is 43.0 Å². The number of anilines is 2. The average molecular weight is 539 g/mol. The van der Waals surface area contributed by atoms with Crippen molar-refractivity contribution in [2.24, 2.45) is 5.92 Å². The van der Waals surface area contributed by atoms with Crippen molar-refractivity contribution in [2.75, 3.05) is 10.2 Å². The number of nitrogens with one attached hydrogen (secondary N) is 1. The van der Waals surface area contributed by atoms with Crippen LogP contribution in [0.25, 0.3) is 0 Å². The molecule has 0 bridgehead atoms. The van der Waals surface area contributed by atoms with E-state index in [2.05, 4.69) is 5.32 Å². The number of carbonyl (C=O) groups is 3. The Morgan fingerprint density at radius 1 is 1.08 bits per heavy atom. The summed E-state index contributed by atoms with van der Waals surface area (Å²) in [6.07, 6.45) is 0. The summed E-state index contributed by atoms with van der Waals surface area (Å²) in [5.74, 6) is -1.99. The fourth-order valence-corrected chi connectivity index (χ4v) is 7.83. The molecule has 2 aromatic carbocycles. The molecular formula is C25H22N4O6S2. The molecule has 2 aliphatic heterocycles. The normalized spacial score (nSPS) is 19.9. The smallest absolute Gasteiger partial charge is 0.308 e. The summed E-state index contributed by atoms with van der Waals surface area (Å²) in [5.41, 5.74) is 0.785. The van der Waals surface area contributed by atoms with Gasteiger partial charge in [0.05, 0.1) is 21.6 Å². The first-order chi connectivity index (χ1) is 17.5. The van der Waals surface area contributed by atoms with Crippen molar-refractivity contribution < 1.29 is 19.3 Å². The van der Waals surface area contributed by atoms with E-state index >= 15 is 0 Å². The van der Waals surface area contributed by atoms with Gasteiger partial charge in [0.15, 0.2) is 0 Å². The van der Waals surface area contributed by atoms with Crippen LogP contribution in [0.5, 0.6) is 0 Å². The number of para-hydroxylation sites is 1. The van der Waals surface area contributed by atoms with Crippen LogP contribution in [0.3, 0.4) is 0 Å². The van der Waals surface area contributed by atoms with Crippen LogP contribution in [0.15, 0.2) is 58.4 Å². The number of non-ortho nitro benzene ring substituents is 1. The molecule has 3 amide bonds. The average Bonchev–Trinajstić information content (AvgIpc) is 3.29. The second-order valence-corrected chi connectivity index (χ2v) is 11.6. The maximum Gasteiger partial charge on any atom is 0.308 e. The molecule has 2 aliphatic rings. The lowest BCUT2D eigenvalue weighted by Gasteiger charge is -2.36. The molecule has 1 saturated heterocycles. The van der Waals surface area contributed by atoms with Crippen LogP contribution in [0.2, 0.25) is 0 Å². The molecule has 0 saturated carbocycles. The molecule has 1 fully saturated rings. The molecule has 12 heteroatoms. The van der Waals surface area contributed by atoms with Crippen LogP contribution in [0, 0.1) is 23.0 Å². The number of carbonyl (C=O) groups excluding carboxylic acids is 3. The predicted octanol–water partition coefficient (Wildman–Crippen LogP) is 3.71. The third-order valence-corrected chi connectivity index (χ3v) is 9.57. The van der Waals surface area contributed by atoms with Gasteiger partial charge in [-0.05, 0) is 30.7 Å². The highest BCUT2D eigenvalue weighted by Gasteiger charge is 2.59. The van der Waals surface area contributed by atoms with Gasteiger partial charge < -0.3 is 5.32 Å². The van der Waals surface area contributed by atoms with Crippen molar-refractivity contribution in [3.8, 4) is 0 Å². The number of nitro groups is 1. The van der Waals surface area contributed by atoms with Gasteiger partial charge in [0.1, 0.15) is 11.8 Å². The largest absolute Gasteiger partial charge is 0.324 e. The number of hydrogen-bond acceptors (Lipinski definition) is 8. The standard InChI is InChI=1S/C25H22N4O6S2/c1-13-6-4-5-7-16(13)26-17(30)12-27-23-20(37-24(27)33)25(2,3)18-19(36-23)22(32)28(21(18)31)14-8-10-15(11-9-14)29(34)35/h4-11,18-19H,12H2,1-3H3,(H,26,30). The molecule has 2 atom stereocenters. The Hall–Kier alpha value is -3.77. The zero-order valence-electron chi connectivity index (χ0n) is 20.1. The summed E-state index contributed by atoms with van der Waals surface area (Å²) in [4.78, 5) is 64.6. The van der Waals surface area contributed by atoms with Gasteiger partial charge in [0.2, 0.25) is 17.7 Å². The number of thioether (sulfide) groups is 1. The molecule has 0 spiro atoms. The third-order valence-electron chi connectivity index (χ3n) is 6.74. The Kier molecular flexibility index (Phi) is 6.03. The van der Waals surface area contributed by atoms with Gasteiger partial charge >= 0.3 is 4.87 Å². The monoisotopic (exact) mass is 538 g/mol. The number of aryl methyl sites for hydroxylation is 1. The summed E-state index contributed by atoms with van der Waals surface area (Å²) in [7, 11) is 0. The van der Waals surface area contributed by atoms with Gasteiger partial charge in [-0.15, -0.1) is 0 Å². The van der Waals surface area contributed by atoms with Crippen LogP contribution >= 0.6 is 23.1 Å². The number of thiazole rings is 1. The summed E-state index contributed by atoms with van der Waals surface area (Å²) >= 11 is 2.10. The number of aromatic nitrogens is 1. The lowest BCUT2D eigenvalue weighted by Crippen LogP contribution is -2.41. The number of nitro benzene ring substituents is 1. The highest BCUT2D eigenvalue weighted by Crippen LogP contribution is 2.54. The Bertz CT molecular complexity index is 1520. The minimum absolute atomic E-state index is 0.148. The van der Waals surface area contributed by atoms with Gasteiger partial charge in [-0.25, -0.2) is 4.90 Å². The summed E-state index contributed by atoms with van der Waals surface area (Å²) < 4.78 is 1.36. The number of fused-ring (bicyclic) bond motifs is 2. The van der Waals surface area contributed by atoms with E-state index in [0.29, 0.717) is 15.6 Å². The van der Waals surface area contributed by atoms with E-state index in [0.717, 1.165) is 33.6 Å². The van der Waals surface area contributed by atoms with Crippen LogP contribution < -0.4 is 15.1 Å². The van der Waals surface area contributed by atoms with Crippen LogP contribution in [-0.4, -0.2) is 32.5 Å². The minimum atomic E-state index is -0.852. The van der Waals surface area contributed by atoms with E-state index in [9.17, 15) is 29.3 Å². The van der Waals surface area contributed by atoms with Crippen LogP contribution in [0.4, 0.5) is 17.1 Å². The van der Waals surface area contributed by atoms with Gasteiger partial charge in [-0.1, -0.05) is 55.1 Å². The Balaban J connectivity index is 1.46. The van der Waals surface area contributed by atoms with Crippen molar-refractivity contribution in [1.82, 2.24) is 4.57 Å². The topological polar surface area (TPSA) is 132 Å². The maximum atomic E-state index is 13.5. The first kappa shape index (κ1) is 24.9. The fourth-order valence-electron chi connectivity index (χ4n) is 4.79. The van der Waals surface area contributed by atoms with E-state index in [-0.39, 0.29) is 28.7 Å². The molecule has 1 aromatic heterocycles. The van der Waals surface area contributed by atoms with E-state index < -0.39 is 33.3 Å². The predicted molar refractivity (Wildman–Crippen MR) is 140 cm³/mol. The Labute approximate surface area is 219 Å². The zero-order valence-corrected chi connectivity index (χ0v) is 21.7. The summed E-state index contributed by atoms with van der Waals surface area (Å²) in [6.45, 7) is 5.28. The highest BCUT2D eigenvalue weighted by atomic mass is 32.2. The molecule has 37 heavy (non-hydrogen) atoms. The van der Waals surface area contributed by atoms with Crippen molar-refractivity contribution in [1.29, 1.82) is 0 Å². The highest BCUT2D eigenvalue weighted by molar-refractivity contribution is 8.00. The van der Waals surface area contributed by atoms with Crippen molar-refractivity contribution in [3.05, 3.63) is 78.8 Å². The van der Waals surface area contributed by atoms with E-state index in [1.165, 1.54) is 28.8 Å². The van der Waals surface area contributed by atoms with Gasteiger partial charge in [-0.3, -0.25) is 33.9 Å². The quantitative estimate of drug-likeness (QED) is 0.298. The van der Waals surface area contributed by atoms with Crippen LogP contribution in [0.1, 0.15) is 24.3 Å². The molecule has 190 valence electrons. The van der Waals surface area contributed by atoms with Gasteiger partial charge in [0, 0.05) is 28.1 Å². The third kappa shape index (κ3) is 4.05. The SMILES string of the molecule is Cc1ccccc1NC(=O)Cn1c2c(sc1=O)C(C)(C)C1C(=O)N(c3ccc([N+](=O)[O-])cc3)C(=O)C1S2. The molecule has 0 aliphatic carbocycles. The van der Waals surface area contributed by atoms with Gasteiger partial charge in [0.25, 0.3) is 5.69 Å². The first-order valence-corrected chi connectivity index (χ1v) is 13.1. The number of hydrogen-bond donors (Lipinski definition) is 1. The van der Waals surface area contributed by atoms with Crippen molar-refractivity contribution in [3.63, 3.8) is 0 Å². The number of amides is 3. The van der Waals surface area contributed by atoms with Gasteiger partial charge in [-0.2, -0.15) is 0 Å². The number of imide groups is 1. The first-order valence-electron chi connectivity index (χ1n) is 11.4. The van der Waals surface area contributed by atoms with Crippen molar-refractivity contribution >= 4 is 57.9 Å². The Morgan fingerprint density at radius 3 is 2.41 bits per heavy atom. The Morgan fingerprint density at radius 2 is 1.76 bits per heavy atom. The minimum Gasteiger partial charge on any atom is -0.324 e. The van der Waals surface area contributed by atoms with E-state index in [1.807, 2.05) is 32.9 Å². The lowest BCUT2D eigenvalue weighted by molar-refractivity contribution is -0.384. The molecule has 0 radical (unpaired) electrons.